The van der Waals surface area contributed by atoms with Crippen molar-refractivity contribution in [3.63, 3.8) is 0 Å². The van der Waals surface area contributed by atoms with Crippen LogP contribution >= 0.6 is 43.5 Å². The minimum Gasteiger partial charge on any atom is -0.438 e. The molecule has 0 atom stereocenters. The lowest BCUT2D eigenvalue weighted by molar-refractivity contribution is 0.457. The highest BCUT2D eigenvalue weighted by molar-refractivity contribution is 9.11. The molecule has 0 unspecified atom stereocenters. The summed E-state index contributed by atoms with van der Waals surface area (Å²) < 4.78 is 7.20. The average molecular weight is 378 g/mol. The van der Waals surface area contributed by atoms with Gasteiger partial charge in [0.2, 0.25) is 5.88 Å². The number of hydrogen-bond acceptors (Lipinski definition) is 3. The molecule has 1 aromatic carbocycles. The van der Waals surface area contributed by atoms with Crippen LogP contribution in [0.2, 0.25) is 5.15 Å². The molecule has 0 spiro atoms. The molecule has 1 aromatic heterocycles. The predicted molar refractivity (Wildman–Crippen MR) is 73.7 cm³/mol. The van der Waals surface area contributed by atoms with Crippen LogP contribution in [0.5, 0.6) is 11.6 Å². The van der Waals surface area contributed by atoms with Gasteiger partial charge in [-0.1, -0.05) is 27.5 Å². The van der Waals surface area contributed by atoms with E-state index in [4.69, 9.17) is 16.3 Å². The van der Waals surface area contributed by atoms with E-state index in [1.54, 1.807) is 0 Å². The quantitative estimate of drug-likeness (QED) is 0.707. The number of hydrogen-bond donors (Lipinski definition) is 0. The van der Waals surface area contributed by atoms with E-state index < -0.39 is 0 Å². The SMILES string of the molecule is Cc1cc(Oc2ncnc(Cl)c2Br)ccc1Br. The van der Waals surface area contributed by atoms with E-state index in [2.05, 4.69) is 41.8 Å². The van der Waals surface area contributed by atoms with Gasteiger partial charge in [0, 0.05) is 4.47 Å². The Morgan fingerprint density at radius 2 is 2.00 bits per heavy atom. The van der Waals surface area contributed by atoms with Gasteiger partial charge in [-0.15, -0.1) is 0 Å². The summed E-state index contributed by atoms with van der Waals surface area (Å²) in [6.45, 7) is 1.99. The maximum atomic E-state index is 5.85. The molecule has 2 aromatic rings. The lowest BCUT2D eigenvalue weighted by atomic mass is 10.2. The molecule has 2 rings (SSSR count). The van der Waals surface area contributed by atoms with E-state index in [9.17, 15) is 0 Å². The summed E-state index contributed by atoms with van der Waals surface area (Å²) in [7, 11) is 0. The summed E-state index contributed by atoms with van der Waals surface area (Å²) in [5.74, 6) is 1.09. The number of rotatable bonds is 2. The first-order valence-electron chi connectivity index (χ1n) is 4.68. The van der Waals surface area contributed by atoms with Crippen molar-refractivity contribution in [2.45, 2.75) is 6.92 Å². The smallest absolute Gasteiger partial charge is 0.238 e. The van der Waals surface area contributed by atoms with Crippen LogP contribution in [-0.2, 0) is 0 Å². The van der Waals surface area contributed by atoms with Crippen molar-refractivity contribution in [3.8, 4) is 11.6 Å². The zero-order valence-corrected chi connectivity index (χ0v) is 12.7. The Kier molecular flexibility index (Phi) is 4.01. The number of benzene rings is 1. The van der Waals surface area contributed by atoms with Crippen molar-refractivity contribution in [3.05, 3.63) is 44.2 Å². The van der Waals surface area contributed by atoms with E-state index in [1.807, 2.05) is 25.1 Å². The van der Waals surface area contributed by atoms with Crippen molar-refractivity contribution >= 4 is 43.5 Å². The normalized spacial score (nSPS) is 10.4. The first-order chi connectivity index (χ1) is 8.08. The molecule has 3 nitrogen and oxygen atoms in total. The second kappa shape index (κ2) is 5.33. The van der Waals surface area contributed by atoms with Crippen molar-refractivity contribution in [2.24, 2.45) is 0 Å². The third-order valence-corrected chi connectivity index (χ3v) is 4.18. The fourth-order valence-electron chi connectivity index (χ4n) is 1.20. The molecule has 0 aliphatic heterocycles. The van der Waals surface area contributed by atoms with Crippen LogP contribution in [-0.4, -0.2) is 9.97 Å². The molecule has 0 saturated carbocycles. The first kappa shape index (κ1) is 12.8. The molecule has 0 amide bonds. The molecular formula is C11H7Br2ClN2O. The Hall–Kier alpha value is -0.650. The third-order valence-electron chi connectivity index (χ3n) is 2.06. The summed E-state index contributed by atoms with van der Waals surface area (Å²) in [6, 6.07) is 5.67. The molecule has 0 radical (unpaired) electrons. The molecule has 0 aliphatic carbocycles. The Bertz CT molecular complexity index is 563. The Morgan fingerprint density at radius 1 is 1.24 bits per heavy atom. The zero-order chi connectivity index (χ0) is 12.4. The standard InChI is InChI=1S/C11H7Br2ClN2O/c1-6-4-7(2-3-8(6)12)17-11-9(13)10(14)15-5-16-11/h2-5H,1H3. The molecule has 0 saturated heterocycles. The molecule has 6 heteroatoms. The van der Waals surface area contributed by atoms with E-state index in [0.717, 1.165) is 10.0 Å². The highest BCUT2D eigenvalue weighted by atomic mass is 79.9. The Balaban J connectivity index is 2.31. The largest absolute Gasteiger partial charge is 0.438 e. The lowest BCUT2D eigenvalue weighted by Gasteiger charge is -2.08. The van der Waals surface area contributed by atoms with E-state index in [1.165, 1.54) is 6.33 Å². The van der Waals surface area contributed by atoms with Gasteiger partial charge in [0.15, 0.2) is 5.15 Å². The lowest BCUT2D eigenvalue weighted by Crippen LogP contribution is -1.92. The Labute approximate surface area is 120 Å². The van der Waals surface area contributed by atoms with Crippen molar-refractivity contribution in [1.82, 2.24) is 9.97 Å². The van der Waals surface area contributed by atoms with Crippen LogP contribution in [0.3, 0.4) is 0 Å². The molecule has 0 bridgehead atoms. The van der Waals surface area contributed by atoms with Gasteiger partial charge >= 0.3 is 0 Å². The van der Waals surface area contributed by atoms with Gasteiger partial charge < -0.3 is 4.74 Å². The second-order valence-electron chi connectivity index (χ2n) is 3.30. The molecule has 0 N–H and O–H groups in total. The van der Waals surface area contributed by atoms with Crippen molar-refractivity contribution < 1.29 is 4.74 Å². The van der Waals surface area contributed by atoms with Crippen LogP contribution in [0.1, 0.15) is 5.56 Å². The fourth-order valence-corrected chi connectivity index (χ4v) is 1.85. The van der Waals surface area contributed by atoms with E-state index in [-0.39, 0.29) is 0 Å². The van der Waals surface area contributed by atoms with Gasteiger partial charge in [0.05, 0.1) is 0 Å². The van der Waals surface area contributed by atoms with Crippen LogP contribution in [0.15, 0.2) is 33.5 Å². The summed E-state index contributed by atoms with van der Waals surface area (Å²) in [6.07, 6.45) is 1.36. The first-order valence-corrected chi connectivity index (χ1v) is 6.64. The van der Waals surface area contributed by atoms with Crippen LogP contribution in [0.25, 0.3) is 0 Å². The number of halogens is 3. The van der Waals surface area contributed by atoms with Crippen molar-refractivity contribution in [2.75, 3.05) is 0 Å². The van der Waals surface area contributed by atoms with Gasteiger partial charge in [-0.25, -0.2) is 9.97 Å². The van der Waals surface area contributed by atoms with Gasteiger partial charge in [0.1, 0.15) is 16.5 Å². The van der Waals surface area contributed by atoms with Crippen LogP contribution in [0, 0.1) is 6.92 Å². The maximum absolute atomic E-state index is 5.85. The summed E-state index contributed by atoms with van der Waals surface area (Å²) in [5, 5.41) is 0.323. The van der Waals surface area contributed by atoms with E-state index in [0.29, 0.717) is 21.3 Å². The van der Waals surface area contributed by atoms with Gasteiger partial charge in [-0.3, -0.25) is 0 Å². The number of aromatic nitrogens is 2. The van der Waals surface area contributed by atoms with E-state index >= 15 is 0 Å². The summed E-state index contributed by atoms with van der Waals surface area (Å²) >= 11 is 12.6. The zero-order valence-electron chi connectivity index (χ0n) is 8.75. The fraction of sp³-hybridized carbons (Fsp3) is 0.0909. The average Bonchev–Trinajstić information content (AvgIpc) is 2.30. The molecule has 1 heterocycles. The Morgan fingerprint density at radius 3 is 2.71 bits per heavy atom. The van der Waals surface area contributed by atoms with Crippen molar-refractivity contribution in [1.29, 1.82) is 0 Å². The predicted octanol–water partition coefficient (Wildman–Crippen LogP) is 4.76. The highest BCUT2D eigenvalue weighted by Crippen LogP contribution is 2.32. The summed E-state index contributed by atoms with van der Waals surface area (Å²) in [5.41, 5.74) is 1.08. The monoisotopic (exact) mass is 376 g/mol. The van der Waals surface area contributed by atoms with Gasteiger partial charge in [-0.2, -0.15) is 0 Å². The molecule has 88 valence electrons. The topological polar surface area (TPSA) is 35.0 Å². The molecule has 0 fully saturated rings. The second-order valence-corrected chi connectivity index (χ2v) is 5.30. The highest BCUT2D eigenvalue weighted by Gasteiger charge is 2.09. The maximum Gasteiger partial charge on any atom is 0.238 e. The number of ether oxygens (including phenoxy) is 1. The summed E-state index contributed by atoms with van der Waals surface area (Å²) in [4.78, 5) is 7.84. The van der Waals surface area contributed by atoms with Crippen LogP contribution in [0.4, 0.5) is 0 Å². The third kappa shape index (κ3) is 2.97. The van der Waals surface area contributed by atoms with Gasteiger partial charge in [-0.05, 0) is 46.6 Å². The number of nitrogens with zero attached hydrogens (tertiary/aromatic N) is 2. The number of aryl methyl sites for hydroxylation is 1. The molecule has 0 aliphatic rings. The minimum atomic E-state index is 0.323. The van der Waals surface area contributed by atoms with Crippen LogP contribution < -0.4 is 4.74 Å². The minimum absolute atomic E-state index is 0.323. The molecular weight excluding hydrogens is 371 g/mol. The van der Waals surface area contributed by atoms with Gasteiger partial charge in [0.25, 0.3) is 0 Å². The molecule has 17 heavy (non-hydrogen) atoms.